The van der Waals surface area contributed by atoms with Gasteiger partial charge in [0.25, 0.3) is 0 Å². The predicted molar refractivity (Wildman–Crippen MR) is 66.3 cm³/mol. The number of rotatable bonds is 2. The molecule has 100 valence electrons. The number of aromatic amines is 1. The molecule has 0 fully saturated rings. The molecular weight excluding hydrogens is 255 g/mol. The van der Waals surface area contributed by atoms with Gasteiger partial charge >= 0.3 is 6.18 Å². The van der Waals surface area contributed by atoms with Crippen molar-refractivity contribution in [2.45, 2.75) is 25.1 Å². The molecule has 1 aromatic heterocycles. The van der Waals surface area contributed by atoms with Crippen molar-refractivity contribution in [3.8, 4) is 12.3 Å². The van der Waals surface area contributed by atoms with E-state index in [2.05, 4.69) is 10.9 Å². The Hall–Kier alpha value is -1.93. The molecule has 2 nitrogen and oxygen atoms in total. The van der Waals surface area contributed by atoms with Gasteiger partial charge in [0, 0.05) is 22.9 Å². The molecule has 0 radical (unpaired) electrons. The van der Waals surface area contributed by atoms with Crippen LogP contribution >= 0.6 is 0 Å². The monoisotopic (exact) mass is 267 g/mol. The second-order valence-corrected chi connectivity index (χ2v) is 4.57. The number of aliphatic hydroxyl groups is 1. The van der Waals surface area contributed by atoms with Crippen molar-refractivity contribution in [1.29, 1.82) is 0 Å². The fraction of sp³-hybridized carbons (Fsp3) is 0.286. The van der Waals surface area contributed by atoms with Crippen LogP contribution in [0.2, 0.25) is 0 Å². The molecule has 0 amide bonds. The summed E-state index contributed by atoms with van der Waals surface area (Å²) in [5, 5.41) is 10.6. The molecule has 5 heteroatoms. The zero-order chi connectivity index (χ0) is 14.3. The fourth-order valence-corrected chi connectivity index (χ4v) is 2.20. The maximum Gasteiger partial charge on any atom is 0.431 e. The van der Waals surface area contributed by atoms with Crippen molar-refractivity contribution in [3.63, 3.8) is 0 Å². The van der Waals surface area contributed by atoms with Crippen LogP contribution in [-0.4, -0.2) is 10.1 Å². The Bertz CT molecular complexity index is 647. The molecule has 1 heterocycles. The highest BCUT2D eigenvalue weighted by Gasteiger charge is 2.41. The van der Waals surface area contributed by atoms with Crippen molar-refractivity contribution < 1.29 is 18.3 Å². The maximum atomic E-state index is 13.1. The number of nitrogens with one attached hydrogen (secondary N) is 1. The first-order valence-electron chi connectivity index (χ1n) is 5.61. The van der Waals surface area contributed by atoms with Gasteiger partial charge in [0.2, 0.25) is 0 Å². The lowest BCUT2D eigenvalue weighted by atomic mass is 9.90. The summed E-state index contributed by atoms with van der Waals surface area (Å²) in [6.45, 7) is 1.29. The quantitative estimate of drug-likeness (QED) is 0.804. The zero-order valence-electron chi connectivity index (χ0n) is 10.2. The van der Waals surface area contributed by atoms with Crippen LogP contribution < -0.4 is 0 Å². The Balaban J connectivity index is 2.79. The largest absolute Gasteiger partial charge is 0.431 e. The predicted octanol–water partition coefficient (Wildman–Crippen LogP) is 3.42. The third-order valence-electron chi connectivity index (χ3n) is 2.97. The summed E-state index contributed by atoms with van der Waals surface area (Å²) in [6.07, 6.45) is 0.350. The topological polar surface area (TPSA) is 36.0 Å². The van der Waals surface area contributed by atoms with Crippen molar-refractivity contribution in [2.24, 2.45) is 0 Å². The number of terminal acetylenes is 1. The number of H-pyrrole nitrogens is 1. The molecule has 2 N–H and O–H groups in total. The minimum atomic E-state index is -4.58. The molecule has 0 saturated heterocycles. The minimum Gasteiger partial charge on any atom is -0.384 e. The number of aromatic nitrogens is 1. The lowest BCUT2D eigenvalue weighted by molar-refractivity contribution is -0.143. The van der Waals surface area contributed by atoms with E-state index in [-0.39, 0.29) is 12.0 Å². The molecule has 0 spiro atoms. The first-order chi connectivity index (χ1) is 8.77. The van der Waals surface area contributed by atoms with E-state index in [9.17, 15) is 18.3 Å². The summed E-state index contributed by atoms with van der Waals surface area (Å²) >= 11 is 0. The molecule has 1 aromatic carbocycles. The summed E-state index contributed by atoms with van der Waals surface area (Å²) in [5.74, 6) is 2.21. The van der Waals surface area contributed by atoms with Gasteiger partial charge in [-0.3, -0.25) is 0 Å². The van der Waals surface area contributed by atoms with Crippen LogP contribution in [0.25, 0.3) is 10.9 Å². The number of hydrogen-bond acceptors (Lipinski definition) is 1. The van der Waals surface area contributed by atoms with Gasteiger partial charge in [0.1, 0.15) is 11.3 Å². The van der Waals surface area contributed by atoms with Crippen LogP contribution in [0, 0.1) is 12.3 Å². The second-order valence-electron chi connectivity index (χ2n) is 4.57. The molecule has 2 aromatic rings. The van der Waals surface area contributed by atoms with Crippen LogP contribution in [0.5, 0.6) is 0 Å². The highest BCUT2D eigenvalue weighted by molar-refractivity contribution is 5.85. The van der Waals surface area contributed by atoms with Gasteiger partial charge in [0.05, 0.1) is 0 Å². The van der Waals surface area contributed by atoms with E-state index >= 15 is 0 Å². The van der Waals surface area contributed by atoms with Crippen LogP contribution in [0.15, 0.2) is 24.3 Å². The summed E-state index contributed by atoms with van der Waals surface area (Å²) < 4.78 is 39.2. The summed E-state index contributed by atoms with van der Waals surface area (Å²) in [5.41, 5.74) is -2.57. The first kappa shape index (κ1) is 13.5. The van der Waals surface area contributed by atoms with E-state index < -0.39 is 17.5 Å². The van der Waals surface area contributed by atoms with Crippen molar-refractivity contribution in [2.75, 3.05) is 0 Å². The van der Waals surface area contributed by atoms with E-state index in [1.807, 2.05) is 0 Å². The van der Waals surface area contributed by atoms with Gasteiger partial charge in [-0.25, -0.2) is 0 Å². The van der Waals surface area contributed by atoms with Gasteiger partial charge in [-0.15, -0.1) is 12.3 Å². The van der Waals surface area contributed by atoms with Gasteiger partial charge < -0.3 is 10.1 Å². The standard InChI is InChI=1S/C14H12F3NO/c1-3-8-13(2,19)11-9-6-4-5-7-10(9)18-12(11)14(15,16)17/h1,4-7,18-19H,8H2,2H3. The van der Waals surface area contributed by atoms with Gasteiger partial charge in [-0.1, -0.05) is 18.2 Å². The fourth-order valence-electron chi connectivity index (χ4n) is 2.20. The Morgan fingerprint density at radius 2 is 1.95 bits per heavy atom. The molecule has 0 bridgehead atoms. The third-order valence-corrected chi connectivity index (χ3v) is 2.97. The number of fused-ring (bicyclic) bond motifs is 1. The number of halogens is 3. The highest BCUT2D eigenvalue weighted by atomic mass is 19.4. The van der Waals surface area contributed by atoms with Gasteiger partial charge in [0.15, 0.2) is 0 Å². The Labute approximate surface area is 108 Å². The molecule has 19 heavy (non-hydrogen) atoms. The molecular formula is C14H12F3NO. The Morgan fingerprint density at radius 1 is 1.32 bits per heavy atom. The lowest BCUT2D eigenvalue weighted by Crippen LogP contribution is -2.24. The maximum absolute atomic E-state index is 13.1. The summed E-state index contributed by atoms with van der Waals surface area (Å²) in [7, 11) is 0. The molecule has 1 unspecified atom stereocenters. The summed E-state index contributed by atoms with van der Waals surface area (Å²) in [6, 6.07) is 6.30. The van der Waals surface area contributed by atoms with Crippen LogP contribution in [0.3, 0.4) is 0 Å². The van der Waals surface area contributed by atoms with Gasteiger partial charge in [-0.2, -0.15) is 13.2 Å². The minimum absolute atomic E-state index is 0.197. The SMILES string of the molecule is C#CCC(C)(O)c1c(C(F)(F)F)[nH]c2ccccc12. The molecule has 2 rings (SSSR count). The van der Waals surface area contributed by atoms with Crippen LogP contribution in [-0.2, 0) is 11.8 Å². The van der Waals surface area contributed by atoms with Crippen LogP contribution in [0.1, 0.15) is 24.6 Å². The van der Waals surface area contributed by atoms with Crippen LogP contribution in [0.4, 0.5) is 13.2 Å². The average molecular weight is 267 g/mol. The molecule has 1 atom stereocenters. The zero-order valence-corrected chi connectivity index (χ0v) is 10.2. The highest BCUT2D eigenvalue weighted by Crippen LogP contribution is 2.41. The van der Waals surface area contributed by atoms with E-state index in [1.165, 1.54) is 19.1 Å². The van der Waals surface area contributed by atoms with E-state index in [0.717, 1.165) is 0 Å². The smallest absolute Gasteiger partial charge is 0.384 e. The normalized spacial score (nSPS) is 15.2. The van der Waals surface area contributed by atoms with Crippen molar-refractivity contribution in [1.82, 2.24) is 4.98 Å². The lowest BCUT2D eigenvalue weighted by Gasteiger charge is -2.23. The molecule has 0 aliphatic heterocycles. The first-order valence-corrected chi connectivity index (χ1v) is 5.61. The van der Waals surface area contributed by atoms with Gasteiger partial charge in [-0.05, 0) is 13.0 Å². The Kier molecular flexibility index (Phi) is 3.07. The van der Waals surface area contributed by atoms with E-state index in [0.29, 0.717) is 10.9 Å². The summed E-state index contributed by atoms with van der Waals surface area (Å²) in [4.78, 5) is 2.32. The molecule has 0 saturated carbocycles. The number of benzene rings is 1. The number of hydrogen-bond donors (Lipinski definition) is 2. The van der Waals surface area contributed by atoms with Crippen molar-refractivity contribution in [3.05, 3.63) is 35.5 Å². The molecule has 0 aliphatic carbocycles. The number of para-hydroxylation sites is 1. The number of alkyl halides is 3. The third kappa shape index (κ3) is 2.32. The van der Waals surface area contributed by atoms with Crippen molar-refractivity contribution >= 4 is 10.9 Å². The average Bonchev–Trinajstić information content (AvgIpc) is 2.68. The Morgan fingerprint density at radius 3 is 2.53 bits per heavy atom. The van der Waals surface area contributed by atoms with E-state index in [1.54, 1.807) is 12.1 Å². The molecule has 0 aliphatic rings. The second kappa shape index (κ2) is 4.32. The van der Waals surface area contributed by atoms with E-state index in [4.69, 9.17) is 6.42 Å².